The first-order valence-electron chi connectivity index (χ1n) is 5.64. The summed E-state index contributed by atoms with van der Waals surface area (Å²) in [6, 6.07) is 2.07. The van der Waals surface area contributed by atoms with Gasteiger partial charge in [-0.05, 0) is 17.9 Å². The quantitative estimate of drug-likeness (QED) is 0.791. The van der Waals surface area contributed by atoms with Crippen LogP contribution < -0.4 is 5.32 Å². The van der Waals surface area contributed by atoms with Crippen molar-refractivity contribution in [1.82, 2.24) is 15.3 Å². The van der Waals surface area contributed by atoms with Gasteiger partial charge in [0.25, 0.3) is 0 Å². The van der Waals surface area contributed by atoms with Gasteiger partial charge in [-0.25, -0.2) is 9.97 Å². The second-order valence-electron chi connectivity index (χ2n) is 4.98. The zero-order valence-corrected chi connectivity index (χ0v) is 10.3. The Balaban J connectivity index is 2.51. The van der Waals surface area contributed by atoms with E-state index in [0.717, 1.165) is 12.2 Å². The van der Waals surface area contributed by atoms with E-state index in [4.69, 9.17) is 5.11 Å². The van der Waals surface area contributed by atoms with Crippen LogP contribution in [0.1, 0.15) is 33.0 Å². The van der Waals surface area contributed by atoms with Gasteiger partial charge in [0.1, 0.15) is 5.82 Å². The fraction of sp³-hybridized carbons (Fsp3) is 0.667. The number of hydrogen-bond donors (Lipinski definition) is 2. The number of aromatic nitrogens is 2. The van der Waals surface area contributed by atoms with Crippen LogP contribution in [0, 0.1) is 5.41 Å². The van der Waals surface area contributed by atoms with E-state index < -0.39 is 0 Å². The van der Waals surface area contributed by atoms with E-state index in [1.54, 1.807) is 18.5 Å². The second kappa shape index (κ2) is 5.92. The fourth-order valence-corrected chi connectivity index (χ4v) is 1.61. The summed E-state index contributed by atoms with van der Waals surface area (Å²) in [6.45, 7) is 7.32. The van der Waals surface area contributed by atoms with Gasteiger partial charge in [0, 0.05) is 25.0 Å². The largest absolute Gasteiger partial charge is 0.396 e. The van der Waals surface area contributed by atoms with Crippen LogP contribution in [0.5, 0.6) is 0 Å². The molecule has 0 bridgehead atoms. The van der Waals surface area contributed by atoms with Crippen molar-refractivity contribution in [3.63, 3.8) is 0 Å². The Labute approximate surface area is 97.1 Å². The van der Waals surface area contributed by atoms with Gasteiger partial charge in [-0.1, -0.05) is 20.8 Å². The van der Waals surface area contributed by atoms with Gasteiger partial charge in [0.05, 0.1) is 6.54 Å². The van der Waals surface area contributed by atoms with Gasteiger partial charge in [0.2, 0.25) is 0 Å². The van der Waals surface area contributed by atoms with Crippen molar-refractivity contribution in [2.75, 3.05) is 6.61 Å². The molecule has 1 heterocycles. The molecule has 1 unspecified atom stereocenters. The molecule has 1 rings (SSSR count). The molecule has 1 atom stereocenters. The molecule has 0 aromatic carbocycles. The summed E-state index contributed by atoms with van der Waals surface area (Å²) < 4.78 is 0. The zero-order valence-electron chi connectivity index (χ0n) is 10.3. The molecule has 4 nitrogen and oxygen atoms in total. The molecule has 1 aromatic rings. The second-order valence-corrected chi connectivity index (χ2v) is 4.98. The van der Waals surface area contributed by atoms with Gasteiger partial charge in [0.15, 0.2) is 0 Å². The van der Waals surface area contributed by atoms with Gasteiger partial charge < -0.3 is 10.4 Å². The van der Waals surface area contributed by atoms with E-state index in [9.17, 15) is 0 Å². The number of aliphatic hydroxyl groups excluding tert-OH is 1. The van der Waals surface area contributed by atoms with Crippen molar-refractivity contribution in [1.29, 1.82) is 0 Å². The molecule has 0 fully saturated rings. The van der Waals surface area contributed by atoms with E-state index in [2.05, 4.69) is 36.1 Å². The van der Waals surface area contributed by atoms with Crippen LogP contribution in [-0.2, 0) is 6.54 Å². The first kappa shape index (κ1) is 13.1. The predicted molar refractivity (Wildman–Crippen MR) is 63.8 cm³/mol. The van der Waals surface area contributed by atoms with Crippen LogP contribution >= 0.6 is 0 Å². The van der Waals surface area contributed by atoms with Gasteiger partial charge >= 0.3 is 0 Å². The highest BCUT2D eigenvalue weighted by atomic mass is 16.3. The molecule has 0 saturated carbocycles. The third-order valence-corrected chi connectivity index (χ3v) is 2.59. The lowest BCUT2D eigenvalue weighted by molar-refractivity contribution is 0.195. The minimum Gasteiger partial charge on any atom is -0.396 e. The highest BCUT2D eigenvalue weighted by Crippen LogP contribution is 2.21. The smallest absolute Gasteiger partial charge is 0.141 e. The highest BCUT2D eigenvalue weighted by molar-refractivity contribution is 4.90. The Bertz CT molecular complexity index is 295. The molecule has 2 N–H and O–H groups in total. The van der Waals surface area contributed by atoms with Crippen LogP contribution in [-0.4, -0.2) is 27.7 Å². The molecule has 0 spiro atoms. The molecular formula is C12H21N3O. The third kappa shape index (κ3) is 4.24. The van der Waals surface area contributed by atoms with Gasteiger partial charge in [-0.2, -0.15) is 0 Å². The summed E-state index contributed by atoms with van der Waals surface area (Å²) in [4.78, 5) is 8.31. The average Bonchev–Trinajstić information content (AvgIpc) is 2.24. The third-order valence-electron chi connectivity index (χ3n) is 2.59. The monoisotopic (exact) mass is 223 g/mol. The molecule has 0 radical (unpaired) electrons. The summed E-state index contributed by atoms with van der Waals surface area (Å²) in [5.41, 5.74) is 0.123. The van der Waals surface area contributed by atoms with Crippen molar-refractivity contribution in [3.8, 4) is 0 Å². The van der Waals surface area contributed by atoms with Crippen molar-refractivity contribution >= 4 is 0 Å². The Morgan fingerprint density at radius 2 is 1.94 bits per heavy atom. The SMILES string of the molecule is CC(C)(C)C(CCO)NCc1ncccn1. The standard InChI is InChI=1S/C12H21N3O/c1-12(2,3)10(5-8-16)15-9-11-13-6-4-7-14-11/h4,6-7,10,15-16H,5,8-9H2,1-3H3. The van der Waals surface area contributed by atoms with E-state index in [-0.39, 0.29) is 18.1 Å². The Kier molecular flexibility index (Phi) is 4.83. The molecule has 0 aliphatic rings. The average molecular weight is 223 g/mol. The van der Waals surface area contributed by atoms with Crippen molar-refractivity contribution in [2.45, 2.75) is 39.8 Å². The summed E-state index contributed by atoms with van der Waals surface area (Å²) in [5, 5.41) is 12.4. The summed E-state index contributed by atoms with van der Waals surface area (Å²) in [6.07, 6.45) is 4.22. The van der Waals surface area contributed by atoms with Gasteiger partial charge in [-0.3, -0.25) is 0 Å². The molecule has 16 heavy (non-hydrogen) atoms. The van der Waals surface area contributed by atoms with Crippen LogP contribution in [0.15, 0.2) is 18.5 Å². The lowest BCUT2D eigenvalue weighted by Gasteiger charge is -2.31. The maximum Gasteiger partial charge on any atom is 0.141 e. The topological polar surface area (TPSA) is 58.0 Å². The van der Waals surface area contributed by atoms with Crippen LogP contribution in [0.3, 0.4) is 0 Å². The fourth-order valence-electron chi connectivity index (χ4n) is 1.61. The summed E-state index contributed by atoms with van der Waals surface area (Å²) in [5.74, 6) is 0.787. The minimum absolute atomic E-state index is 0.123. The number of rotatable bonds is 5. The molecule has 90 valence electrons. The van der Waals surface area contributed by atoms with Crippen LogP contribution in [0.25, 0.3) is 0 Å². The molecular weight excluding hydrogens is 202 g/mol. The summed E-state index contributed by atoms with van der Waals surface area (Å²) >= 11 is 0. The predicted octanol–water partition coefficient (Wildman–Crippen LogP) is 1.36. The van der Waals surface area contributed by atoms with Crippen molar-refractivity contribution in [2.24, 2.45) is 5.41 Å². The molecule has 0 saturated heterocycles. The van der Waals surface area contributed by atoms with E-state index in [1.165, 1.54) is 0 Å². The maximum absolute atomic E-state index is 9.03. The highest BCUT2D eigenvalue weighted by Gasteiger charge is 2.23. The van der Waals surface area contributed by atoms with E-state index >= 15 is 0 Å². The molecule has 1 aromatic heterocycles. The number of nitrogens with one attached hydrogen (secondary N) is 1. The minimum atomic E-state index is 0.123. The number of hydrogen-bond acceptors (Lipinski definition) is 4. The molecule has 0 amide bonds. The Morgan fingerprint density at radius 1 is 1.31 bits per heavy atom. The molecule has 0 aliphatic carbocycles. The van der Waals surface area contributed by atoms with E-state index in [1.807, 2.05) is 0 Å². The van der Waals surface area contributed by atoms with Crippen LogP contribution in [0.4, 0.5) is 0 Å². The normalized spacial score (nSPS) is 13.8. The zero-order chi connectivity index (χ0) is 12.0. The lowest BCUT2D eigenvalue weighted by atomic mass is 9.85. The molecule has 0 aliphatic heterocycles. The summed E-state index contributed by atoms with van der Waals surface area (Å²) in [7, 11) is 0. The van der Waals surface area contributed by atoms with Crippen LogP contribution in [0.2, 0.25) is 0 Å². The van der Waals surface area contributed by atoms with E-state index in [0.29, 0.717) is 6.54 Å². The van der Waals surface area contributed by atoms with Gasteiger partial charge in [-0.15, -0.1) is 0 Å². The Hall–Kier alpha value is -1.00. The Morgan fingerprint density at radius 3 is 2.44 bits per heavy atom. The number of aliphatic hydroxyl groups is 1. The lowest BCUT2D eigenvalue weighted by Crippen LogP contribution is -2.40. The first-order valence-corrected chi connectivity index (χ1v) is 5.64. The van der Waals surface area contributed by atoms with Crippen molar-refractivity contribution in [3.05, 3.63) is 24.3 Å². The molecule has 4 heteroatoms. The first-order chi connectivity index (χ1) is 7.54. The van der Waals surface area contributed by atoms with Crippen molar-refractivity contribution < 1.29 is 5.11 Å². The number of nitrogens with zero attached hydrogens (tertiary/aromatic N) is 2. The maximum atomic E-state index is 9.03.